The number of benzene rings is 5. The number of imide groups is 2. The highest BCUT2D eigenvalue weighted by atomic mass is 19.1. The average Bonchev–Trinajstić information content (AvgIpc) is 3.01. The van der Waals surface area contributed by atoms with Crippen LogP contribution in [0.1, 0.15) is 22.3 Å². The molecule has 6 nitrogen and oxygen atoms in total. The first kappa shape index (κ1) is 26.7. The summed E-state index contributed by atoms with van der Waals surface area (Å²) in [5.41, 5.74) is 2.91. The predicted octanol–water partition coefficient (Wildman–Crippen LogP) is 6.82. The van der Waals surface area contributed by atoms with E-state index in [0.29, 0.717) is 23.5 Å². The lowest BCUT2D eigenvalue weighted by atomic mass is 9.92. The number of nitrogens with zero attached hydrogens (tertiary/aromatic N) is 1. The summed E-state index contributed by atoms with van der Waals surface area (Å²) in [5, 5.41) is 3.97. The van der Waals surface area contributed by atoms with E-state index >= 15 is 0 Å². The highest BCUT2D eigenvalue weighted by molar-refractivity contribution is 6.39. The van der Waals surface area contributed by atoms with Crippen molar-refractivity contribution < 1.29 is 23.5 Å². The Morgan fingerprint density at radius 1 is 0.738 bits per heavy atom. The van der Waals surface area contributed by atoms with Crippen LogP contribution < -0.4 is 15.0 Å². The number of fused-ring (bicyclic) bond motifs is 1. The topological polar surface area (TPSA) is 75.7 Å². The minimum atomic E-state index is -0.843. The number of urea groups is 1. The largest absolute Gasteiger partial charge is 0.489 e. The monoisotopic (exact) mass is 556 g/mol. The second-order valence-electron chi connectivity index (χ2n) is 9.85. The second-order valence-corrected chi connectivity index (χ2v) is 9.85. The van der Waals surface area contributed by atoms with Crippen LogP contribution in [-0.2, 0) is 22.6 Å². The van der Waals surface area contributed by atoms with E-state index in [1.54, 1.807) is 42.5 Å². The van der Waals surface area contributed by atoms with Crippen molar-refractivity contribution in [3.63, 3.8) is 0 Å². The maximum absolute atomic E-state index is 14.6. The van der Waals surface area contributed by atoms with E-state index < -0.39 is 17.8 Å². The molecule has 1 heterocycles. The van der Waals surface area contributed by atoms with Gasteiger partial charge >= 0.3 is 6.03 Å². The van der Waals surface area contributed by atoms with Gasteiger partial charge in [0.2, 0.25) is 0 Å². The van der Waals surface area contributed by atoms with Crippen molar-refractivity contribution in [2.45, 2.75) is 13.0 Å². The molecule has 1 aliphatic rings. The van der Waals surface area contributed by atoms with E-state index in [1.165, 1.54) is 12.1 Å². The standard InChI is InChI=1S/C35H25FN2O4/c36-32-13-7-5-11-26(32)20-25-15-14-24-10-4-6-12-29(24)30(25)21-31-33(39)37-35(41)38(34(31)40)27-16-18-28(19-17-27)42-22-23-8-2-1-3-9-23/h1-19,21H,20,22H2,(H,37,39,41)/b31-21+. The number of anilines is 1. The van der Waals surface area contributed by atoms with Crippen LogP contribution in [0.3, 0.4) is 0 Å². The fourth-order valence-electron chi connectivity index (χ4n) is 4.98. The van der Waals surface area contributed by atoms with Gasteiger partial charge in [0.1, 0.15) is 23.7 Å². The molecule has 0 bridgehead atoms. The number of amides is 4. The molecule has 0 spiro atoms. The first-order valence-corrected chi connectivity index (χ1v) is 13.4. The molecule has 0 aromatic heterocycles. The van der Waals surface area contributed by atoms with Crippen LogP contribution in [-0.4, -0.2) is 17.8 Å². The first-order chi connectivity index (χ1) is 20.5. The molecule has 6 rings (SSSR count). The first-order valence-electron chi connectivity index (χ1n) is 13.4. The lowest BCUT2D eigenvalue weighted by Gasteiger charge is -2.26. The van der Waals surface area contributed by atoms with Gasteiger partial charge in [-0.15, -0.1) is 0 Å². The number of nitrogens with one attached hydrogen (secondary N) is 1. The van der Waals surface area contributed by atoms with Gasteiger partial charge in [-0.25, -0.2) is 14.1 Å². The van der Waals surface area contributed by atoms with Gasteiger partial charge in [0.05, 0.1) is 5.69 Å². The van der Waals surface area contributed by atoms with Gasteiger partial charge in [0.15, 0.2) is 0 Å². The van der Waals surface area contributed by atoms with Crippen LogP contribution >= 0.6 is 0 Å². The number of rotatable bonds is 7. The zero-order chi connectivity index (χ0) is 29.1. The number of halogens is 1. The SMILES string of the molecule is O=C1NC(=O)N(c2ccc(OCc3ccccc3)cc2)C(=O)/C1=C/c1c(Cc2ccccc2F)ccc2ccccc12. The summed E-state index contributed by atoms with van der Waals surface area (Å²) in [5.74, 6) is -1.34. The molecule has 1 N–H and O–H groups in total. The third kappa shape index (κ3) is 5.40. The van der Waals surface area contributed by atoms with Gasteiger partial charge in [0, 0.05) is 6.42 Å². The minimum Gasteiger partial charge on any atom is -0.489 e. The summed E-state index contributed by atoms with van der Waals surface area (Å²) in [7, 11) is 0. The molecule has 7 heteroatoms. The van der Waals surface area contributed by atoms with Gasteiger partial charge in [-0.2, -0.15) is 0 Å². The molecule has 1 fully saturated rings. The van der Waals surface area contributed by atoms with E-state index in [4.69, 9.17) is 4.74 Å². The van der Waals surface area contributed by atoms with Gasteiger partial charge in [-0.3, -0.25) is 14.9 Å². The number of hydrogen-bond acceptors (Lipinski definition) is 4. The van der Waals surface area contributed by atoms with Gasteiger partial charge < -0.3 is 4.74 Å². The smallest absolute Gasteiger partial charge is 0.335 e. The van der Waals surface area contributed by atoms with Crippen molar-refractivity contribution in [3.8, 4) is 5.75 Å². The Morgan fingerprint density at radius 2 is 1.45 bits per heavy atom. The van der Waals surface area contributed by atoms with Gasteiger partial charge in [-0.05, 0) is 69.4 Å². The van der Waals surface area contributed by atoms with E-state index in [-0.39, 0.29) is 23.5 Å². The summed E-state index contributed by atoms with van der Waals surface area (Å²) >= 11 is 0. The molecular formula is C35H25FN2O4. The number of ether oxygens (including phenoxy) is 1. The van der Waals surface area contributed by atoms with Crippen molar-refractivity contribution in [1.82, 2.24) is 5.32 Å². The van der Waals surface area contributed by atoms with E-state index in [0.717, 1.165) is 26.8 Å². The summed E-state index contributed by atoms with van der Waals surface area (Å²) in [6.45, 7) is 0.366. The second kappa shape index (κ2) is 11.5. The molecule has 1 saturated heterocycles. The summed E-state index contributed by atoms with van der Waals surface area (Å²) < 4.78 is 20.4. The molecule has 0 saturated carbocycles. The molecule has 1 aliphatic heterocycles. The minimum absolute atomic E-state index is 0.204. The Labute approximate surface area is 241 Å². The quantitative estimate of drug-likeness (QED) is 0.176. The lowest BCUT2D eigenvalue weighted by Crippen LogP contribution is -2.54. The Bertz CT molecular complexity index is 1850. The third-order valence-electron chi connectivity index (χ3n) is 7.13. The molecule has 42 heavy (non-hydrogen) atoms. The lowest BCUT2D eigenvalue weighted by molar-refractivity contribution is -0.122. The summed E-state index contributed by atoms with van der Waals surface area (Å²) in [6.07, 6.45) is 1.74. The molecule has 0 radical (unpaired) electrons. The molecule has 206 valence electrons. The molecule has 5 aromatic rings. The van der Waals surface area contributed by atoms with Crippen LogP contribution in [0.4, 0.5) is 14.9 Å². The van der Waals surface area contributed by atoms with Crippen molar-refractivity contribution in [2.24, 2.45) is 0 Å². The molecule has 0 aliphatic carbocycles. The molecule has 0 atom stereocenters. The van der Waals surface area contributed by atoms with Crippen molar-refractivity contribution in [1.29, 1.82) is 0 Å². The van der Waals surface area contributed by atoms with Gasteiger partial charge in [-0.1, -0.05) is 84.9 Å². The Hall–Kier alpha value is -5.56. The van der Waals surface area contributed by atoms with Gasteiger partial charge in [0.25, 0.3) is 11.8 Å². The van der Waals surface area contributed by atoms with Crippen LogP contribution in [0.15, 0.2) is 121 Å². The van der Waals surface area contributed by atoms with Crippen molar-refractivity contribution in [2.75, 3.05) is 4.90 Å². The number of hydrogen-bond donors (Lipinski definition) is 1. The third-order valence-corrected chi connectivity index (χ3v) is 7.13. The summed E-state index contributed by atoms with van der Waals surface area (Å²) in [4.78, 5) is 40.5. The molecular weight excluding hydrogens is 531 g/mol. The molecule has 4 amide bonds. The highest BCUT2D eigenvalue weighted by Crippen LogP contribution is 2.30. The normalized spacial score (nSPS) is 14.4. The Kier molecular flexibility index (Phi) is 7.30. The maximum atomic E-state index is 14.6. The summed E-state index contributed by atoms with van der Waals surface area (Å²) in [6, 6.07) is 33.2. The Morgan fingerprint density at radius 3 is 2.24 bits per heavy atom. The average molecular weight is 557 g/mol. The van der Waals surface area contributed by atoms with Crippen molar-refractivity contribution in [3.05, 3.63) is 149 Å². The van der Waals surface area contributed by atoms with E-state index in [2.05, 4.69) is 5.32 Å². The fourth-order valence-corrected chi connectivity index (χ4v) is 4.98. The van der Waals surface area contributed by atoms with Crippen molar-refractivity contribution >= 4 is 40.4 Å². The zero-order valence-electron chi connectivity index (χ0n) is 22.4. The van der Waals surface area contributed by atoms with Crippen LogP contribution in [0.2, 0.25) is 0 Å². The number of carbonyl (C=O) groups excluding carboxylic acids is 3. The number of carbonyl (C=O) groups is 3. The maximum Gasteiger partial charge on any atom is 0.335 e. The molecule has 0 unspecified atom stereocenters. The van der Waals surface area contributed by atoms with E-state index in [9.17, 15) is 18.8 Å². The number of barbiturate groups is 1. The highest BCUT2D eigenvalue weighted by Gasteiger charge is 2.37. The van der Waals surface area contributed by atoms with E-state index in [1.807, 2.05) is 66.7 Å². The molecule has 5 aromatic carbocycles. The van der Waals surface area contributed by atoms with Crippen LogP contribution in [0.25, 0.3) is 16.8 Å². The predicted molar refractivity (Wildman–Crippen MR) is 159 cm³/mol. The zero-order valence-corrected chi connectivity index (χ0v) is 22.4. The van der Waals surface area contributed by atoms with Crippen LogP contribution in [0, 0.1) is 5.82 Å². The fraction of sp³-hybridized carbons (Fsp3) is 0.0571. The van der Waals surface area contributed by atoms with Crippen LogP contribution in [0.5, 0.6) is 5.75 Å². The Balaban J connectivity index is 1.34.